The van der Waals surface area contributed by atoms with Crippen molar-refractivity contribution in [1.29, 1.82) is 0 Å². The van der Waals surface area contributed by atoms with Crippen molar-refractivity contribution in [1.82, 2.24) is 0 Å². The lowest BCUT2D eigenvalue weighted by Crippen LogP contribution is -2.09. The summed E-state index contributed by atoms with van der Waals surface area (Å²) < 4.78 is 13.6. The van der Waals surface area contributed by atoms with Gasteiger partial charge in [0.05, 0.1) is 6.10 Å². The highest BCUT2D eigenvalue weighted by molar-refractivity contribution is 5.34. The van der Waals surface area contributed by atoms with E-state index in [0.717, 1.165) is 11.1 Å². The van der Waals surface area contributed by atoms with Crippen molar-refractivity contribution in [3.05, 3.63) is 70.5 Å². The highest BCUT2D eigenvalue weighted by atomic mass is 19.1. The molecule has 0 aliphatic rings. The van der Waals surface area contributed by atoms with Crippen LogP contribution in [-0.4, -0.2) is 5.11 Å². The Bertz CT molecular complexity index is 540. The quantitative estimate of drug-likeness (QED) is 0.871. The van der Waals surface area contributed by atoms with Crippen LogP contribution in [0.25, 0.3) is 0 Å². The van der Waals surface area contributed by atoms with Crippen molar-refractivity contribution in [2.24, 2.45) is 0 Å². The van der Waals surface area contributed by atoms with Crippen molar-refractivity contribution in [2.75, 3.05) is 0 Å². The largest absolute Gasteiger partial charge is 0.388 e. The predicted octanol–water partition coefficient (Wildman–Crippen LogP) is 4.28. The first-order valence-electron chi connectivity index (χ1n) is 6.50. The number of aliphatic hydroxyl groups is 1. The molecule has 0 bridgehead atoms. The molecule has 0 radical (unpaired) electrons. The van der Waals surface area contributed by atoms with Crippen LogP contribution in [0.5, 0.6) is 0 Å². The Morgan fingerprint density at radius 1 is 0.947 bits per heavy atom. The van der Waals surface area contributed by atoms with Crippen LogP contribution in [0, 0.1) is 19.7 Å². The van der Waals surface area contributed by atoms with Gasteiger partial charge in [-0.2, -0.15) is 0 Å². The molecule has 1 N–H and O–H groups in total. The van der Waals surface area contributed by atoms with Gasteiger partial charge in [0.25, 0.3) is 0 Å². The first-order valence-corrected chi connectivity index (χ1v) is 6.50. The molecule has 0 aliphatic heterocycles. The van der Waals surface area contributed by atoms with Gasteiger partial charge in [0, 0.05) is 5.92 Å². The maximum absolute atomic E-state index is 13.6. The van der Waals surface area contributed by atoms with Gasteiger partial charge in [-0.3, -0.25) is 0 Å². The second-order valence-corrected chi connectivity index (χ2v) is 5.11. The Balaban J connectivity index is 2.32. The van der Waals surface area contributed by atoms with E-state index in [4.69, 9.17) is 0 Å². The standard InChI is InChI=1S/C17H19FO/c1-11-9-15(10-12(2)16(11)18)17(19)13(3)14-7-5-4-6-8-14/h4-10,13,17,19H,1-3H3. The summed E-state index contributed by atoms with van der Waals surface area (Å²) >= 11 is 0. The van der Waals surface area contributed by atoms with Gasteiger partial charge in [-0.1, -0.05) is 49.4 Å². The van der Waals surface area contributed by atoms with Crippen molar-refractivity contribution < 1.29 is 9.50 Å². The summed E-state index contributed by atoms with van der Waals surface area (Å²) in [6.07, 6.45) is -0.625. The van der Waals surface area contributed by atoms with Gasteiger partial charge >= 0.3 is 0 Å². The molecule has 0 aromatic heterocycles. The minimum absolute atomic E-state index is 0.0227. The van der Waals surface area contributed by atoms with E-state index in [1.807, 2.05) is 37.3 Å². The fourth-order valence-electron chi connectivity index (χ4n) is 2.38. The topological polar surface area (TPSA) is 20.2 Å². The molecule has 2 unspecified atom stereocenters. The highest BCUT2D eigenvalue weighted by Crippen LogP contribution is 2.31. The predicted molar refractivity (Wildman–Crippen MR) is 75.7 cm³/mol. The first-order chi connectivity index (χ1) is 9.00. The number of aryl methyl sites for hydroxylation is 2. The van der Waals surface area contributed by atoms with E-state index in [-0.39, 0.29) is 11.7 Å². The number of benzene rings is 2. The Morgan fingerprint density at radius 2 is 1.47 bits per heavy atom. The van der Waals surface area contributed by atoms with E-state index in [1.165, 1.54) is 0 Å². The second kappa shape index (κ2) is 5.54. The van der Waals surface area contributed by atoms with E-state index >= 15 is 0 Å². The van der Waals surface area contributed by atoms with Gasteiger partial charge in [0.2, 0.25) is 0 Å². The molecule has 19 heavy (non-hydrogen) atoms. The molecule has 0 heterocycles. The molecule has 2 atom stereocenters. The van der Waals surface area contributed by atoms with Crippen LogP contribution in [0.2, 0.25) is 0 Å². The molecule has 2 rings (SSSR count). The number of hydrogen-bond acceptors (Lipinski definition) is 1. The fourth-order valence-corrected chi connectivity index (χ4v) is 2.38. The molecular formula is C17H19FO. The summed E-state index contributed by atoms with van der Waals surface area (Å²) in [5.41, 5.74) is 3.01. The van der Waals surface area contributed by atoms with Gasteiger partial charge in [-0.15, -0.1) is 0 Å². The van der Waals surface area contributed by atoms with Gasteiger partial charge in [0.1, 0.15) is 5.82 Å². The van der Waals surface area contributed by atoms with E-state index in [0.29, 0.717) is 11.1 Å². The summed E-state index contributed by atoms with van der Waals surface area (Å²) in [4.78, 5) is 0. The third-order valence-corrected chi connectivity index (χ3v) is 3.60. The number of halogens is 1. The molecule has 100 valence electrons. The minimum atomic E-state index is -0.625. The lowest BCUT2D eigenvalue weighted by atomic mass is 9.89. The first kappa shape index (κ1) is 13.8. The van der Waals surface area contributed by atoms with Gasteiger partial charge in [-0.25, -0.2) is 4.39 Å². The molecule has 0 saturated heterocycles. The summed E-state index contributed by atoms with van der Waals surface area (Å²) in [5, 5.41) is 10.5. The summed E-state index contributed by atoms with van der Waals surface area (Å²) in [6.45, 7) is 5.44. The average molecular weight is 258 g/mol. The Morgan fingerprint density at radius 3 is 2.00 bits per heavy atom. The Hall–Kier alpha value is -1.67. The molecule has 0 saturated carbocycles. The molecule has 0 spiro atoms. The summed E-state index contributed by atoms with van der Waals surface area (Å²) in [6, 6.07) is 13.3. The highest BCUT2D eigenvalue weighted by Gasteiger charge is 2.19. The zero-order chi connectivity index (χ0) is 14.0. The Labute approximate surface area is 113 Å². The van der Waals surface area contributed by atoms with Crippen LogP contribution < -0.4 is 0 Å². The SMILES string of the molecule is Cc1cc(C(O)C(C)c2ccccc2)cc(C)c1F. The third-order valence-electron chi connectivity index (χ3n) is 3.60. The lowest BCUT2D eigenvalue weighted by Gasteiger charge is -2.21. The summed E-state index contributed by atoms with van der Waals surface area (Å²) in [5.74, 6) is -0.214. The smallest absolute Gasteiger partial charge is 0.129 e. The minimum Gasteiger partial charge on any atom is -0.388 e. The van der Waals surface area contributed by atoms with Crippen molar-refractivity contribution in [2.45, 2.75) is 32.8 Å². The number of aliphatic hydroxyl groups excluding tert-OH is 1. The van der Waals surface area contributed by atoms with Crippen molar-refractivity contribution in [3.63, 3.8) is 0 Å². The molecule has 1 nitrogen and oxygen atoms in total. The molecule has 0 aliphatic carbocycles. The zero-order valence-corrected chi connectivity index (χ0v) is 11.5. The van der Waals surface area contributed by atoms with E-state index in [9.17, 15) is 9.50 Å². The fraction of sp³-hybridized carbons (Fsp3) is 0.294. The van der Waals surface area contributed by atoms with Crippen LogP contribution in [0.1, 0.15) is 41.2 Å². The second-order valence-electron chi connectivity index (χ2n) is 5.11. The molecule has 2 aromatic rings. The van der Waals surface area contributed by atoms with E-state index in [1.54, 1.807) is 26.0 Å². The number of rotatable bonds is 3. The van der Waals surface area contributed by atoms with Crippen LogP contribution in [0.3, 0.4) is 0 Å². The molecule has 0 amide bonds. The summed E-state index contributed by atoms with van der Waals surface area (Å²) in [7, 11) is 0. The maximum atomic E-state index is 13.6. The van der Waals surface area contributed by atoms with Crippen LogP contribution in [0.15, 0.2) is 42.5 Å². The van der Waals surface area contributed by atoms with Crippen molar-refractivity contribution >= 4 is 0 Å². The van der Waals surface area contributed by atoms with Crippen LogP contribution in [0.4, 0.5) is 4.39 Å². The molecular weight excluding hydrogens is 239 g/mol. The van der Waals surface area contributed by atoms with Crippen LogP contribution in [-0.2, 0) is 0 Å². The van der Waals surface area contributed by atoms with Gasteiger partial charge in [0.15, 0.2) is 0 Å². The molecule has 2 heteroatoms. The zero-order valence-electron chi connectivity index (χ0n) is 11.5. The van der Waals surface area contributed by atoms with Crippen LogP contribution >= 0.6 is 0 Å². The van der Waals surface area contributed by atoms with E-state index in [2.05, 4.69) is 0 Å². The Kier molecular flexibility index (Phi) is 4.01. The molecule has 0 fully saturated rings. The third kappa shape index (κ3) is 2.85. The average Bonchev–Trinajstić information content (AvgIpc) is 2.43. The molecule has 2 aromatic carbocycles. The number of hydrogen-bond donors (Lipinski definition) is 1. The van der Waals surface area contributed by atoms with E-state index < -0.39 is 6.10 Å². The van der Waals surface area contributed by atoms with Gasteiger partial charge in [-0.05, 0) is 36.1 Å². The van der Waals surface area contributed by atoms with Crippen molar-refractivity contribution in [3.8, 4) is 0 Å². The normalized spacial score (nSPS) is 14.2. The lowest BCUT2D eigenvalue weighted by molar-refractivity contribution is 0.151. The monoisotopic (exact) mass is 258 g/mol. The van der Waals surface area contributed by atoms with Gasteiger partial charge < -0.3 is 5.11 Å². The maximum Gasteiger partial charge on any atom is 0.129 e.